The van der Waals surface area contributed by atoms with Crippen LogP contribution in [0.2, 0.25) is 0 Å². The Bertz CT molecular complexity index is 749. The van der Waals surface area contributed by atoms with Crippen molar-refractivity contribution in [3.63, 3.8) is 0 Å². The first-order valence-corrected chi connectivity index (χ1v) is 10.9. The van der Waals surface area contributed by atoms with Crippen LogP contribution in [-0.4, -0.2) is 33.6 Å². The monoisotopic (exact) mass is 375 g/mol. The number of thiophene rings is 1. The zero-order valence-electron chi connectivity index (χ0n) is 15.3. The quantitative estimate of drug-likeness (QED) is 0.576. The third-order valence-electron chi connectivity index (χ3n) is 4.97. The molecule has 134 valence electrons. The van der Waals surface area contributed by atoms with Crippen LogP contribution in [0.1, 0.15) is 53.2 Å². The third-order valence-corrected chi connectivity index (χ3v) is 6.52. The number of aryl methyl sites for hydroxylation is 2. The summed E-state index contributed by atoms with van der Waals surface area (Å²) in [7, 11) is 0. The molecule has 4 nitrogen and oxygen atoms in total. The van der Waals surface area contributed by atoms with E-state index >= 15 is 0 Å². The molecule has 1 unspecified atom stereocenters. The molecule has 0 saturated carbocycles. The number of amides is 1. The zero-order valence-corrected chi connectivity index (χ0v) is 17.0. The molecule has 0 aromatic carbocycles. The molecule has 3 heterocycles. The number of carbonyl (C=O) groups excluding carboxylic acids is 1. The van der Waals surface area contributed by atoms with Crippen LogP contribution in [0.5, 0.6) is 0 Å². The molecule has 1 aliphatic rings. The van der Waals surface area contributed by atoms with E-state index in [2.05, 4.69) is 33.2 Å². The number of thioether (sulfide) groups is 1. The Labute approximate surface area is 158 Å². The smallest absolute Gasteiger partial charge is 0.223 e. The summed E-state index contributed by atoms with van der Waals surface area (Å²) in [5.41, 5.74) is 4.46. The van der Waals surface area contributed by atoms with E-state index in [-0.39, 0.29) is 11.9 Å². The van der Waals surface area contributed by atoms with E-state index in [1.165, 1.54) is 10.4 Å². The summed E-state index contributed by atoms with van der Waals surface area (Å²) < 4.78 is 0. The van der Waals surface area contributed by atoms with Gasteiger partial charge in [0, 0.05) is 29.2 Å². The highest BCUT2D eigenvalue weighted by molar-refractivity contribution is 7.98. The van der Waals surface area contributed by atoms with Gasteiger partial charge in [0.05, 0.1) is 6.04 Å². The van der Waals surface area contributed by atoms with Crippen LogP contribution in [0, 0.1) is 13.8 Å². The van der Waals surface area contributed by atoms with Crippen LogP contribution in [0.25, 0.3) is 0 Å². The maximum absolute atomic E-state index is 12.9. The summed E-state index contributed by atoms with van der Waals surface area (Å²) in [6.07, 6.45) is 5.18. The number of carbonyl (C=O) groups is 1. The van der Waals surface area contributed by atoms with Crippen molar-refractivity contribution in [2.45, 2.75) is 57.7 Å². The van der Waals surface area contributed by atoms with E-state index in [0.29, 0.717) is 12.8 Å². The molecule has 1 atom stereocenters. The molecule has 0 N–H and O–H groups in total. The van der Waals surface area contributed by atoms with E-state index in [1.807, 2.05) is 31.4 Å². The van der Waals surface area contributed by atoms with Crippen molar-refractivity contribution in [2.24, 2.45) is 0 Å². The van der Waals surface area contributed by atoms with Gasteiger partial charge in [0.2, 0.25) is 5.91 Å². The molecule has 2 aromatic heterocycles. The minimum Gasteiger partial charge on any atom is -0.335 e. The fraction of sp³-hybridized carbons (Fsp3) is 0.526. The van der Waals surface area contributed by atoms with Crippen molar-refractivity contribution in [2.75, 3.05) is 12.8 Å². The maximum Gasteiger partial charge on any atom is 0.223 e. The van der Waals surface area contributed by atoms with E-state index < -0.39 is 0 Å². The van der Waals surface area contributed by atoms with Crippen LogP contribution in [0.15, 0.2) is 16.6 Å². The van der Waals surface area contributed by atoms with Gasteiger partial charge in [0.15, 0.2) is 5.16 Å². The van der Waals surface area contributed by atoms with Crippen molar-refractivity contribution in [1.29, 1.82) is 0 Å². The zero-order chi connectivity index (χ0) is 18.0. The first-order valence-electron chi connectivity index (χ1n) is 8.79. The van der Waals surface area contributed by atoms with E-state index in [1.54, 1.807) is 11.8 Å². The Morgan fingerprint density at radius 1 is 1.36 bits per heavy atom. The van der Waals surface area contributed by atoms with Crippen molar-refractivity contribution in [3.8, 4) is 0 Å². The summed E-state index contributed by atoms with van der Waals surface area (Å²) in [5, 5.41) is 2.95. The lowest BCUT2D eigenvalue weighted by molar-refractivity contribution is -0.134. The van der Waals surface area contributed by atoms with Gasteiger partial charge in [-0.15, -0.1) is 11.3 Å². The number of aromatic nitrogens is 2. The second kappa shape index (κ2) is 7.87. The van der Waals surface area contributed by atoms with Crippen LogP contribution >= 0.6 is 23.1 Å². The third kappa shape index (κ3) is 3.75. The molecule has 0 spiro atoms. The van der Waals surface area contributed by atoms with Crippen molar-refractivity contribution in [1.82, 2.24) is 14.9 Å². The van der Waals surface area contributed by atoms with Gasteiger partial charge in [-0.1, -0.05) is 18.7 Å². The van der Waals surface area contributed by atoms with Crippen LogP contribution in [0.3, 0.4) is 0 Å². The summed E-state index contributed by atoms with van der Waals surface area (Å²) in [6.45, 7) is 7.04. The number of fused-ring (bicyclic) bond motifs is 1. The molecule has 6 heteroatoms. The highest BCUT2D eigenvalue weighted by atomic mass is 32.2. The molecule has 25 heavy (non-hydrogen) atoms. The standard InChI is InChI=1S/C19H25N3OS2/c1-5-16-15-9-11-25-17(15)8-10-22(16)18(23)7-6-14-12(2)20-19(24-4)21-13(14)3/h9,11,16H,5-8,10H2,1-4H3. The van der Waals surface area contributed by atoms with Crippen molar-refractivity contribution >= 4 is 29.0 Å². The molecule has 1 amide bonds. The van der Waals surface area contributed by atoms with Crippen molar-refractivity contribution in [3.05, 3.63) is 38.8 Å². The molecule has 0 aliphatic carbocycles. The molecule has 3 rings (SSSR count). The molecule has 0 radical (unpaired) electrons. The van der Waals surface area contributed by atoms with Crippen molar-refractivity contribution < 1.29 is 4.79 Å². The maximum atomic E-state index is 12.9. The predicted octanol–water partition coefficient (Wildman–Crippen LogP) is 4.35. The normalized spacial score (nSPS) is 16.8. The Morgan fingerprint density at radius 3 is 2.72 bits per heavy atom. The average molecular weight is 376 g/mol. The molecule has 0 bridgehead atoms. The molecule has 0 fully saturated rings. The van der Waals surface area contributed by atoms with Crippen LogP contribution in [-0.2, 0) is 17.6 Å². The summed E-state index contributed by atoms with van der Waals surface area (Å²) >= 11 is 3.37. The second-order valence-electron chi connectivity index (χ2n) is 6.42. The van der Waals surface area contributed by atoms with Gasteiger partial charge in [-0.2, -0.15) is 0 Å². The number of nitrogens with zero attached hydrogens (tertiary/aromatic N) is 3. The number of hydrogen-bond acceptors (Lipinski definition) is 5. The molecular formula is C19H25N3OS2. The summed E-state index contributed by atoms with van der Waals surface area (Å²) in [6, 6.07) is 2.43. The molecular weight excluding hydrogens is 350 g/mol. The Balaban J connectivity index is 1.71. The van der Waals surface area contributed by atoms with Gasteiger partial charge in [0.1, 0.15) is 0 Å². The minimum absolute atomic E-state index is 0.236. The summed E-state index contributed by atoms with van der Waals surface area (Å²) in [4.78, 5) is 25.5. The van der Waals surface area contributed by atoms with E-state index in [9.17, 15) is 4.79 Å². The highest BCUT2D eigenvalue weighted by Gasteiger charge is 2.30. The van der Waals surface area contributed by atoms with Gasteiger partial charge in [-0.05, 0) is 61.9 Å². The lowest BCUT2D eigenvalue weighted by Crippen LogP contribution is -2.39. The van der Waals surface area contributed by atoms with Gasteiger partial charge < -0.3 is 4.90 Å². The largest absolute Gasteiger partial charge is 0.335 e. The van der Waals surface area contributed by atoms with Crippen LogP contribution in [0.4, 0.5) is 0 Å². The lowest BCUT2D eigenvalue weighted by atomic mass is 9.96. The topological polar surface area (TPSA) is 46.1 Å². The molecule has 1 aliphatic heterocycles. The number of rotatable bonds is 5. The summed E-state index contributed by atoms with van der Waals surface area (Å²) in [5.74, 6) is 0.247. The Kier molecular flexibility index (Phi) is 5.79. The fourth-order valence-electron chi connectivity index (χ4n) is 3.67. The van der Waals surface area contributed by atoms with E-state index in [4.69, 9.17) is 0 Å². The molecule has 0 saturated heterocycles. The first-order chi connectivity index (χ1) is 12.0. The highest BCUT2D eigenvalue weighted by Crippen LogP contribution is 2.35. The lowest BCUT2D eigenvalue weighted by Gasteiger charge is -2.35. The Morgan fingerprint density at radius 2 is 2.08 bits per heavy atom. The van der Waals surface area contributed by atoms with Gasteiger partial charge in [-0.3, -0.25) is 4.79 Å². The Hall–Kier alpha value is -1.40. The second-order valence-corrected chi connectivity index (χ2v) is 8.19. The average Bonchev–Trinajstić information content (AvgIpc) is 3.08. The SMILES string of the molecule is CCC1c2ccsc2CCN1C(=O)CCc1c(C)nc(SC)nc1C. The van der Waals surface area contributed by atoms with E-state index in [0.717, 1.165) is 41.5 Å². The number of hydrogen-bond donors (Lipinski definition) is 0. The minimum atomic E-state index is 0.236. The van der Waals surface area contributed by atoms with Gasteiger partial charge >= 0.3 is 0 Å². The van der Waals surface area contributed by atoms with Gasteiger partial charge in [0.25, 0.3) is 0 Å². The fourth-order valence-corrected chi connectivity index (χ4v) is 5.06. The first kappa shape index (κ1) is 18.4. The van der Waals surface area contributed by atoms with Crippen LogP contribution < -0.4 is 0 Å². The van der Waals surface area contributed by atoms with Gasteiger partial charge in [-0.25, -0.2) is 9.97 Å². The molecule has 2 aromatic rings. The predicted molar refractivity (Wildman–Crippen MR) is 104 cm³/mol.